The van der Waals surface area contributed by atoms with E-state index in [9.17, 15) is 4.79 Å². The molecule has 9 heteroatoms. The summed E-state index contributed by atoms with van der Waals surface area (Å²) in [4.78, 5) is 28.8. The summed E-state index contributed by atoms with van der Waals surface area (Å²) in [6, 6.07) is 10.1. The van der Waals surface area contributed by atoms with Crippen molar-refractivity contribution in [2.24, 2.45) is 0 Å². The maximum absolute atomic E-state index is 13.3. The lowest BCUT2D eigenvalue weighted by molar-refractivity contribution is 0.0937. The van der Waals surface area contributed by atoms with Crippen molar-refractivity contribution in [3.8, 4) is 21.8 Å². The number of carbonyl (C=O) groups excluding carboxylic acids is 1. The third-order valence-corrected chi connectivity index (χ3v) is 7.66. The van der Waals surface area contributed by atoms with Crippen molar-refractivity contribution < 1.29 is 4.79 Å². The van der Waals surface area contributed by atoms with E-state index >= 15 is 0 Å². The summed E-state index contributed by atoms with van der Waals surface area (Å²) >= 11 is 1.66. The highest BCUT2D eigenvalue weighted by atomic mass is 32.1. The van der Waals surface area contributed by atoms with Gasteiger partial charge in [0.2, 0.25) is 0 Å². The molecule has 1 unspecified atom stereocenters. The molecule has 0 spiro atoms. The summed E-state index contributed by atoms with van der Waals surface area (Å²) in [5.74, 6) is 0.746. The number of hydrogen-bond acceptors (Lipinski definition) is 7. The Balaban J connectivity index is 1.46. The highest BCUT2D eigenvalue weighted by Crippen LogP contribution is 2.30. The van der Waals surface area contributed by atoms with Gasteiger partial charge in [0.25, 0.3) is 5.91 Å². The molecule has 0 radical (unpaired) electrons. The van der Waals surface area contributed by atoms with Crippen LogP contribution < -0.4 is 10.2 Å². The molecule has 5 rings (SSSR count). The third-order valence-electron chi connectivity index (χ3n) is 6.77. The number of aromatic nitrogens is 4. The van der Waals surface area contributed by atoms with Gasteiger partial charge in [0.1, 0.15) is 5.82 Å². The Morgan fingerprint density at radius 2 is 2.06 bits per heavy atom. The van der Waals surface area contributed by atoms with E-state index in [1.807, 2.05) is 35.8 Å². The molecule has 0 aromatic carbocycles. The number of amides is 1. The zero-order valence-corrected chi connectivity index (χ0v) is 22.0. The van der Waals surface area contributed by atoms with Gasteiger partial charge in [-0.15, -0.1) is 11.3 Å². The topological polar surface area (TPSA) is 78.7 Å². The van der Waals surface area contributed by atoms with Gasteiger partial charge in [-0.3, -0.25) is 9.69 Å². The fraction of sp³-hybridized carbons (Fsp3) is 0.407. The molecule has 1 saturated heterocycles. The largest absolute Gasteiger partial charge is 0.356 e. The number of rotatable bonds is 10. The van der Waals surface area contributed by atoms with Crippen molar-refractivity contribution in [2.75, 3.05) is 37.6 Å². The van der Waals surface area contributed by atoms with E-state index in [1.54, 1.807) is 22.0 Å². The summed E-state index contributed by atoms with van der Waals surface area (Å²) in [7, 11) is 0. The number of thiophene rings is 1. The van der Waals surface area contributed by atoms with Crippen LogP contribution in [0.25, 0.3) is 27.5 Å². The first-order valence-electron chi connectivity index (χ1n) is 12.7. The van der Waals surface area contributed by atoms with Gasteiger partial charge < -0.3 is 10.2 Å². The second-order valence-electron chi connectivity index (χ2n) is 9.24. The van der Waals surface area contributed by atoms with Crippen molar-refractivity contribution in [3.05, 3.63) is 53.7 Å². The molecule has 1 amide bonds. The van der Waals surface area contributed by atoms with Crippen LogP contribution in [-0.4, -0.2) is 69.2 Å². The number of nitrogens with zero attached hydrogens (tertiary/aromatic N) is 6. The van der Waals surface area contributed by atoms with Gasteiger partial charge in [0, 0.05) is 37.4 Å². The smallest absolute Gasteiger partial charge is 0.251 e. The minimum atomic E-state index is -0.0801. The predicted molar refractivity (Wildman–Crippen MR) is 146 cm³/mol. The fourth-order valence-corrected chi connectivity index (χ4v) is 5.25. The van der Waals surface area contributed by atoms with Gasteiger partial charge in [0.15, 0.2) is 5.65 Å². The summed E-state index contributed by atoms with van der Waals surface area (Å²) in [5.41, 5.74) is 3.77. The normalized spacial score (nSPS) is 14.3. The quantitative estimate of drug-likeness (QED) is 0.341. The molecule has 1 atom stereocenters. The van der Waals surface area contributed by atoms with Gasteiger partial charge >= 0.3 is 0 Å². The van der Waals surface area contributed by atoms with Crippen LogP contribution in [0, 0.1) is 0 Å². The van der Waals surface area contributed by atoms with Crippen molar-refractivity contribution in [3.63, 3.8) is 0 Å². The summed E-state index contributed by atoms with van der Waals surface area (Å²) < 4.78 is 1.76. The Morgan fingerprint density at radius 1 is 1.19 bits per heavy atom. The Kier molecular flexibility index (Phi) is 7.29. The zero-order chi connectivity index (χ0) is 25.1. The molecule has 188 valence electrons. The maximum Gasteiger partial charge on any atom is 0.251 e. The Morgan fingerprint density at radius 3 is 2.75 bits per heavy atom. The molecular formula is C27H33N7OS. The monoisotopic (exact) mass is 503 g/mol. The summed E-state index contributed by atoms with van der Waals surface area (Å²) in [6.45, 7) is 11.0. The lowest BCUT2D eigenvalue weighted by atomic mass is 10.1. The molecule has 1 aliphatic heterocycles. The minimum absolute atomic E-state index is 0.0801. The molecule has 0 aliphatic carbocycles. The molecule has 8 nitrogen and oxygen atoms in total. The van der Waals surface area contributed by atoms with Crippen molar-refractivity contribution in [2.45, 2.75) is 39.7 Å². The molecule has 4 aromatic heterocycles. The second kappa shape index (κ2) is 10.8. The lowest BCUT2D eigenvalue weighted by Crippen LogP contribution is -2.42. The molecular weight excluding hydrogens is 470 g/mol. The minimum Gasteiger partial charge on any atom is -0.356 e. The third kappa shape index (κ3) is 4.99. The van der Waals surface area contributed by atoms with E-state index < -0.39 is 0 Å². The highest BCUT2D eigenvalue weighted by molar-refractivity contribution is 7.13. The van der Waals surface area contributed by atoms with Crippen molar-refractivity contribution in [1.29, 1.82) is 0 Å². The summed E-state index contributed by atoms with van der Waals surface area (Å²) in [6.07, 6.45) is 5.94. The average molecular weight is 504 g/mol. The first kappa shape index (κ1) is 24.4. The Bertz CT molecular complexity index is 1330. The van der Waals surface area contributed by atoms with Crippen LogP contribution in [0.4, 0.5) is 5.82 Å². The van der Waals surface area contributed by atoms with E-state index in [0.29, 0.717) is 17.8 Å². The van der Waals surface area contributed by atoms with Crippen LogP contribution in [-0.2, 0) is 0 Å². The number of pyridine rings is 1. The molecule has 5 heterocycles. The number of hydrogen-bond donors (Lipinski definition) is 1. The number of fused-ring (bicyclic) bond motifs is 1. The van der Waals surface area contributed by atoms with E-state index in [-0.39, 0.29) is 11.9 Å². The molecule has 1 aliphatic rings. The first-order valence-corrected chi connectivity index (χ1v) is 13.6. The molecule has 0 saturated carbocycles. The SMILES string of the molecule is CCCN(CC)C(C)CNC(=O)c1cc(-c2cnn3ccc(-c4cccs4)nc23)nc(N2CCC2)c1. The number of carbonyl (C=O) groups is 1. The van der Waals surface area contributed by atoms with Crippen molar-refractivity contribution in [1.82, 2.24) is 29.8 Å². The predicted octanol–water partition coefficient (Wildman–Crippen LogP) is 4.58. The van der Waals surface area contributed by atoms with Crippen LogP contribution in [0.1, 0.15) is 44.0 Å². The van der Waals surface area contributed by atoms with E-state index in [1.165, 1.54) is 0 Å². The van der Waals surface area contributed by atoms with Crippen LogP contribution >= 0.6 is 11.3 Å². The van der Waals surface area contributed by atoms with E-state index in [2.05, 4.69) is 47.1 Å². The van der Waals surface area contributed by atoms with Crippen LogP contribution in [0.2, 0.25) is 0 Å². The Labute approximate surface area is 216 Å². The molecule has 0 bridgehead atoms. The average Bonchev–Trinajstić information content (AvgIpc) is 3.54. The van der Waals surface area contributed by atoms with Crippen LogP contribution in [0.15, 0.2) is 48.1 Å². The summed E-state index contributed by atoms with van der Waals surface area (Å²) in [5, 5.41) is 9.70. The van der Waals surface area contributed by atoms with Crippen LogP contribution in [0.3, 0.4) is 0 Å². The van der Waals surface area contributed by atoms with E-state index in [4.69, 9.17) is 9.97 Å². The first-order chi connectivity index (χ1) is 17.6. The Hall–Kier alpha value is -3.30. The standard InChI is InChI=1S/C27H33N7OS/c1-4-10-32(5-2)19(3)17-28-27(35)20-15-23(30-25(16-20)33-11-7-12-33)21-18-29-34-13-9-22(31-26(21)34)24-8-6-14-36-24/h6,8-9,13-16,18-19H,4-5,7,10-12,17H2,1-3H3,(H,28,35). The molecule has 1 fully saturated rings. The zero-order valence-electron chi connectivity index (χ0n) is 21.1. The second-order valence-corrected chi connectivity index (χ2v) is 10.2. The lowest BCUT2D eigenvalue weighted by Gasteiger charge is -2.32. The van der Waals surface area contributed by atoms with E-state index in [0.717, 1.165) is 66.6 Å². The molecule has 1 N–H and O–H groups in total. The maximum atomic E-state index is 13.3. The van der Waals surface area contributed by atoms with Crippen molar-refractivity contribution >= 4 is 28.7 Å². The van der Waals surface area contributed by atoms with Gasteiger partial charge in [0.05, 0.1) is 28.0 Å². The number of likely N-dealkylation sites (N-methyl/N-ethyl adjacent to an activating group) is 1. The fourth-order valence-electron chi connectivity index (χ4n) is 4.55. The van der Waals surface area contributed by atoms with Crippen LogP contribution in [0.5, 0.6) is 0 Å². The van der Waals surface area contributed by atoms with Gasteiger partial charge in [-0.1, -0.05) is 19.9 Å². The molecule has 4 aromatic rings. The number of nitrogens with one attached hydrogen (secondary N) is 1. The van der Waals surface area contributed by atoms with Gasteiger partial charge in [-0.05, 0) is 62.5 Å². The molecule has 36 heavy (non-hydrogen) atoms. The van der Waals surface area contributed by atoms with Gasteiger partial charge in [-0.2, -0.15) is 5.10 Å². The number of anilines is 1. The van der Waals surface area contributed by atoms with Gasteiger partial charge in [-0.25, -0.2) is 14.5 Å². The highest BCUT2D eigenvalue weighted by Gasteiger charge is 2.22.